The molecular formula is C5H7NS2. The van der Waals surface area contributed by atoms with E-state index in [1.54, 1.807) is 0 Å². The number of nitriles is 1. The van der Waals surface area contributed by atoms with Gasteiger partial charge in [-0.3, -0.25) is 0 Å². The molecule has 1 aliphatic rings. The summed E-state index contributed by atoms with van der Waals surface area (Å²) in [4.78, 5) is 0. The van der Waals surface area contributed by atoms with Gasteiger partial charge in [0.05, 0.1) is 4.58 Å². The molecule has 0 spiro atoms. The molecule has 1 atom stereocenters. The first kappa shape index (κ1) is 6.31. The molecule has 1 unspecified atom stereocenters. The summed E-state index contributed by atoms with van der Waals surface area (Å²) >= 11 is 3.31. The largest absolute Gasteiger partial charge is 0.185 e. The highest BCUT2D eigenvalue weighted by atomic mass is 32.2. The fourth-order valence-corrected chi connectivity index (χ4v) is 2.72. The molecule has 0 bridgehead atoms. The molecule has 1 heterocycles. The predicted octanol–water partition coefficient (Wildman–Crippen LogP) is 2.05. The average Bonchev–Trinajstić information content (AvgIpc) is 2.19. The Balaban J connectivity index is 2.17. The molecule has 0 N–H and O–H groups in total. The zero-order chi connectivity index (χ0) is 5.82. The number of nitrogens with zero attached hydrogens (tertiary/aromatic N) is 1. The summed E-state index contributed by atoms with van der Waals surface area (Å²) in [5.41, 5.74) is 0. The smallest absolute Gasteiger partial charge is 0.134 e. The fraction of sp³-hybridized carbons (Fsp3) is 0.800. The molecule has 3 heteroatoms. The van der Waals surface area contributed by atoms with Crippen LogP contribution in [0.4, 0.5) is 0 Å². The predicted molar refractivity (Wildman–Crippen MR) is 38.7 cm³/mol. The molecule has 1 nitrogen and oxygen atoms in total. The van der Waals surface area contributed by atoms with Gasteiger partial charge in [-0.25, -0.2) is 0 Å². The Morgan fingerprint density at radius 3 is 3.12 bits per heavy atom. The van der Waals surface area contributed by atoms with E-state index in [4.69, 9.17) is 5.26 Å². The number of hydrogen-bond acceptors (Lipinski definition) is 3. The second kappa shape index (κ2) is 3.26. The van der Waals surface area contributed by atoms with Crippen molar-refractivity contribution in [3.8, 4) is 5.40 Å². The first-order valence-corrected chi connectivity index (χ1v) is 4.52. The Morgan fingerprint density at radius 1 is 1.75 bits per heavy atom. The van der Waals surface area contributed by atoms with Crippen molar-refractivity contribution in [1.29, 1.82) is 5.26 Å². The molecule has 1 saturated heterocycles. The van der Waals surface area contributed by atoms with E-state index in [-0.39, 0.29) is 0 Å². The molecule has 1 fully saturated rings. The maximum absolute atomic E-state index is 8.23. The van der Waals surface area contributed by atoms with Gasteiger partial charge in [0, 0.05) is 0 Å². The van der Waals surface area contributed by atoms with E-state index < -0.39 is 0 Å². The van der Waals surface area contributed by atoms with Crippen molar-refractivity contribution in [3.05, 3.63) is 0 Å². The maximum Gasteiger partial charge on any atom is 0.134 e. The van der Waals surface area contributed by atoms with Gasteiger partial charge in [0.2, 0.25) is 0 Å². The van der Waals surface area contributed by atoms with E-state index in [1.165, 1.54) is 30.4 Å². The summed E-state index contributed by atoms with van der Waals surface area (Å²) in [5, 5.41) is 10.3. The molecule has 0 aliphatic carbocycles. The minimum atomic E-state index is 0.583. The fourth-order valence-electron chi connectivity index (χ4n) is 0.700. The van der Waals surface area contributed by atoms with Gasteiger partial charge in [0.15, 0.2) is 0 Å². The van der Waals surface area contributed by atoms with Crippen molar-refractivity contribution < 1.29 is 0 Å². The van der Waals surface area contributed by atoms with Crippen molar-refractivity contribution in [2.45, 2.75) is 17.4 Å². The number of thioether (sulfide) groups is 2. The van der Waals surface area contributed by atoms with Gasteiger partial charge in [-0.05, 0) is 30.4 Å². The second-order valence-electron chi connectivity index (χ2n) is 1.65. The highest BCUT2D eigenvalue weighted by Crippen LogP contribution is 2.33. The Kier molecular flexibility index (Phi) is 2.57. The van der Waals surface area contributed by atoms with Crippen molar-refractivity contribution >= 4 is 23.5 Å². The standard InChI is InChI=1S/C5H7NS2/c6-4-8-5-2-1-3-7-5/h5H,1-3H2. The van der Waals surface area contributed by atoms with Crippen LogP contribution in [0, 0.1) is 10.7 Å². The summed E-state index contributed by atoms with van der Waals surface area (Å²) in [5.74, 6) is 1.25. The summed E-state index contributed by atoms with van der Waals surface area (Å²) in [6.45, 7) is 0. The van der Waals surface area contributed by atoms with Gasteiger partial charge in [0.25, 0.3) is 0 Å². The van der Waals surface area contributed by atoms with E-state index in [0.717, 1.165) is 0 Å². The van der Waals surface area contributed by atoms with Gasteiger partial charge < -0.3 is 0 Å². The van der Waals surface area contributed by atoms with Gasteiger partial charge in [0.1, 0.15) is 5.40 Å². The monoisotopic (exact) mass is 145 g/mol. The van der Waals surface area contributed by atoms with Crippen LogP contribution in [0.15, 0.2) is 0 Å². The van der Waals surface area contributed by atoms with Crippen LogP contribution in [0.2, 0.25) is 0 Å². The summed E-state index contributed by atoms with van der Waals surface area (Å²) in [7, 11) is 0. The van der Waals surface area contributed by atoms with Crippen LogP contribution in [-0.4, -0.2) is 10.3 Å². The number of hydrogen-bond donors (Lipinski definition) is 0. The van der Waals surface area contributed by atoms with Crippen molar-refractivity contribution in [2.24, 2.45) is 0 Å². The molecule has 44 valence electrons. The number of rotatable bonds is 1. The van der Waals surface area contributed by atoms with Crippen LogP contribution in [0.25, 0.3) is 0 Å². The SMILES string of the molecule is N#CSC1CCCS1. The zero-order valence-electron chi connectivity index (χ0n) is 4.46. The summed E-state index contributed by atoms with van der Waals surface area (Å²) < 4.78 is 0.583. The normalized spacial score (nSPS) is 27.6. The minimum absolute atomic E-state index is 0.583. The summed E-state index contributed by atoms with van der Waals surface area (Å²) in [6.07, 6.45) is 2.52. The quantitative estimate of drug-likeness (QED) is 0.528. The van der Waals surface area contributed by atoms with E-state index in [9.17, 15) is 0 Å². The molecule has 0 amide bonds. The van der Waals surface area contributed by atoms with E-state index in [0.29, 0.717) is 4.58 Å². The Bertz CT molecular complexity index is 101. The molecule has 0 aromatic rings. The lowest BCUT2D eigenvalue weighted by molar-refractivity contribution is 0.925. The van der Waals surface area contributed by atoms with Crippen molar-refractivity contribution in [3.63, 3.8) is 0 Å². The average molecular weight is 145 g/mol. The maximum atomic E-state index is 8.23. The van der Waals surface area contributed by atoms with Crippen LogP contribution >= 0.6 is 23.5 Å². The van der Waals surface area contributed by atoms with Gasteiger partial charge in [-0.15, -0.1) is 11.8 Å². The third kappa shape index (κ3) is 1.61. The van der Waals surface area contributed by atoms with Crippen LogP contribution in [0.5, 0.6) is 0 Å². The lowest BCUT2D eigenvalue weighted by atomic mass is 10.4. The Hall–Kier alpha value is 0.190. The van der Waals surface area contributed by atoms with Crippen LogP contribution < -0.4 is 0 Å². The van der Waals surface area contributed by atoms with Crippen LogP contribution in [0.1, 0.15) is 12.8 Å². The minimum Gasteiger partial charge on any atom is -0.185 e. The first-order valence-electron chi connectivity index (χ1n) is 2.60. The van der Waals surface area contributed by atoms with Crippen molar-refractivity contribution in [1.82, 2.24) is 0 Å². The highest BCUT2D eigenvalue weighted by molar-refractivity contribution is 8.19. The van der Waals surface area contributed by atoms with E-state index in [2.05, 4.69) is 5.40 Å². The van der Waals surface area contributed by atoms with E-state index >= 15 is 0 Å². The third-order valence-corrected chi connectivity index (χ3v) is 3.50. The lowest BCUT2D eigenvalue weighted by Gasteiger charge is -1.96. The molecule has 0 saturated carbocycles. The molecule has 0 aromatic carbocycles. The molecule has 0 aromatic heterocycles. The highest BCUT2D eigenvalue weighted by Gasteiger charge is 2.14. The van der Waals surface area contributed by atoms with Gasteiger partial charge in [-0.1, -0.05) is 0 Å². The van der Waals surface area contributed by atoms with Crippen LogP contribution in [-0.2, 0) is 0 Å². The van der Waals surface area contributed by atoms with Gasteiger partial charge >= 0.3 is 0 Å². The molecule has 0 radical (unpaired) electrons. The third-order valence-electron chi connectivity index (χ3n) is 1.07. The summed E-state index contributed by atoms with van der Waals surface area (Å²) in [6, 6.07) is 0. The Morgan fingerprint density at radius 2 is 2.62 bits per heavy atom. The molecule has 1 rings (SSSR count). The molecular weight excluding hydrogens is 138 g/mol. The topological polar surface area (TPSA) is 23.8 Å². The zero-order valence-corrected chi connectivity index (χ0v) is 6.10. The second-order valence-corrected chi connectivity index (χ2v) is 4.25. The first-order chi connectivity index (χ1) is 3.93. The van der Waals surface area contributed by atoms with Crippen molar-refractivity contribution in [2.75, 3.05) is 5.75 Å². The lowest BCUT2D eigenvalue weighted by Crippen LogP contribution is -1.83. The number of thiocyanates is 1. The van der Waals surface area contributed by atoms with Gasteiger partial charge in [-0.2, -0.15) is 5.26 Å². The van der Waals surface area contributed by atoms with E-state index in [1.807, 2.05) is 11.8 Å². The Labute approximate surface area is 57.8 Å². The van der Waals surface area contributed by atoms with Crippen LogP contribution in [0.3, 0.4) is 0 Å². The molecule has 1 aliphatic heterocycles. The molecule has 8 heavy (non-hydrogen) atoms.